The van der Waals surface area contributed by atoms with E-state index in [1.54, 1.807) is 6.33 Å². The van der Waals surface area contributed by atoms with Crippen LogP contribution in [0.2, 0.25) is 0 Å². The molecule has 0 saturated heterocycles. The smallest absolute Gasteiger partial charge is 0.251 e. The van der Waals surface area contributed by atoms with Crippen LogP contribution >= 0.6 is 0 Å². The van der Waals surface area contributed by atoms with Crippen molar-refractivity contribution >= 4 is 16.9 Å². The van der Waals surface area contributed by atoms with Crippen LogP contribution in [0.1, 0.15) is 43.0 Å². The fourth-order valence-electron chi connectivity index (χ4n) is 2.78. The van der Waals surface area contributed by atoms with E-state index in [0.29, 0.717) is 11.0 Å². The Balaban J connectivity index is 1.69. The van der Waals surface area contributed by atoms with Gasteiger partial charge in [-0.05, 0) is 42.9 Å². The van der Waals surface area contributed by atoms with E-state index in [2.05, 4.69) is 22.2 Å². The third kappa shape index (κ3) is 2.23. The summed E-state index contributed by atoms with van der Waals surface area (Å²) in [5, 5.41) is 3.08. The number of rotatable bonds is 4. The molecule has 2 N–H and O–H groups in total. The highest BCUT2D eigenvalue weighted by Crippen LogP contribution is 2.43. The Morgan fingerprint density at radius 2 is 2.32 bits per heavy atom. The number of hydrogen-bond acceptors (Lipinski definition) is 2. The summed E-state index contributed by atoms with van der Waals surface area (Å²) in [6, 6.07) is 5.56. The van der Waals surface area contributed by atoms with Crippen molar-refractivity contribution in [3.63, 3.8) is 0 Å². The summed E-state index contributed by atoms with van der Waals surface area (Å²) in [7, 11) is 0. The Hall–Kier alpha value is -1.84. The van der Waals surface area contributed by atoms with Crippen molar-refractivity contribution in [2.75, 3.05) is 6.54 Å². The Bertz CT molecular complexity index is 593. The van der Waals surface area contributed by atoms with Crippen LogP contribution < -0.4 is 5.32 Å². The molecule has 1 fully saturated rings. The van der Waals surface area contributed by atoms with Crippen molar-refractivity contribution in [2.24, 2.45) is 5.41 Å². The summed E-state index contributed by atoms with van der Waals surface area (Å²) in [6.07, 6.45) is 6.57. The van der Waals surface area contributed by atoms with E-state index in [9.17, 15) is 4.79 Å². The zero-order valence-electron chi connectivity index (χ0n) is 11.2. The zero-order chi connectivity index (χ0) is 13.3. The van der Waals surface area contributed by atoms with Crippen molar-refractivity contribution in [3.8, 4) is 0 Å². The SMILES string of the molecule is CCC1(CNC(=O)c2ccc3nc[nH]c3c2)CCC1. The minimum atomic E-state index is 0.0104. The lowest BCUT2D eigenvalue weighted by Gasteiger charge is -2.41. The van der Waals surface area contributed by atoms with Gasteiger partial charge < -0.3 is 10.3 Å². The maximum atomic E-state index is 12.2. The van der Waals surface area contributed by atoms with Gasteiger partial charge in [0.2, 0.25) is 0 Å². The van der Waals surface area contributed by atoms with Gasteiger partial charge in [0, 0.05) is 12.1 Å². The molecule has 0 atom stereocenters. The van der Waals surface area contributed by atoms with Crippen molar-refractivity contribution < 1.29 is 4.79 Å². The highest BCUT2D eigenvalue weighted by Gasteiger charge is 2.35. The lowest BCUT2D eigenvalue weighted by atomic mass is 9.67. The normalized spacial score (nSPS) is 17.1. The van der Waals surface area contributed by atoms with Gasteiger partial charge in [-0.25, -0.2) is 4.98 Å². The second-order valence-electron chi connectivity index (χ2n) is 5.52. The maximum Gasteiger partial charge on any atom is 0.251 e. The molecule has 0 bridgehead atoms. The van der Waals surface area contributed by atoms with E-state index in [1.807, 2.05) is 18.2 Å². The Kier molecular flexibility index (Phi) is 3.01. The quantitative estimate of drug-likeness (QED) is 0.884. The third-order valence-electron chi connectivity index (χ3n) is 4.47. The molecule has 0 radical (unpaired) electrons. The number of nitrogens with one attached hydrogen (secondary N) is 2. The summed E-state index contributed by atoms with van der Waals surface area (Å²) >= 11 is 0. The number of carbonyl (C=O) groups is 1. The molecule has 1 aromatic carbocycles. The van der Waals surface area contributed by atoms with E-state index in [1.165, 1.54) is 19.3 Å². The van der Waals surface area contributed by atoms with Crippen LogP contribution in [0.4, 0.5) is 0 Å². The van der Waals surface area contributed by atoms with Gasteiger partial charge in [0.1, 0.15) is 0 Å². The first kappa shape index (κ1) is 12.2. The van der Waals surface area contributed by atoms with Gasteiger partial charge in [-0.3, -0.25) is 4.79 Å². The molecule has 1 aromatic heterocycles. The number of hydrogen-bond donors (Lipinski definition) is 2. The number of fused-ring (bicyclic) bond motifs is 1. The number of H-pyrrole nitrogens is 1. The Morgan fingerprint density at radius 3 is 3.00 bits per heavy atom. The minimum absolute atomic E-state index is 0.0104. The summed E-state index contributed by atoms with van der Waals surface area (Å²) in [6.45, 7) is 3.01. The average Bonchev–Trinajstić information content (AvgIpc) is 2.84. The molecule has 1 heterocycles. The van der Waals surface area contributed by atoms with Gasteiger partial charge in [-0.15, -0.1) is 0 Å². The molecule has 0 unspecified atom stereocenters. The summed E-state index contributed by atoms with van der Waals surface area (Å²) < 4.78 is 0. The summed E-state index contributed by atoms with van der Waals surface area (Å²) in [4.78, 5) is 19.3. The standard InChI is InChI=1S/C15H19N3O/c1-2-15(6-3-7-15)9-16-14(19)11-4-5-12-13(8-11)18-10-17-12/h4-5,8,10H,2-3,6-7,9H2,1H3,(H,16,19)(H,17,18). The van der Waals surface area contributed by atoms with Crippen LogP contribution in [0.25, 0.3) is 11.0 Å². The highest BCUT2D eigenvalue weighted by atomic mass is 16.1. The number of nitrogens with zero attached hydrogens (tertiary/aromatic N) is 1. The fourth-order valence-corrected chi connectivity index (χ4v) is 2.78. The van der Waals surface area contributed by atoms with Crippen LogP contribution in [0.5, 0.6) is 0 Å². The van der Waals surface area contributed by atoms with E-state index in [0.717, 1.165) is 24.0 Å². The zero-order valence-corrected chi connectivity index (χ0v) is 11.2. The Morgan fingerprint density at radius 1 is 1.47 bits per heavy atom. The molecule has 1 aliphatic rings. The molecule has 1 aliphatic carbocycles. The first-order chi connectivity index (χ1) is 9.22. The number of imidazole rings is 1. The number of aromatic amines is 1. The van der Waals surface area contributed by atoms with Gasteiger partial charge in [-0.1, -0.05) is 13.3 Å². The summed E-state index contributed by atoms with van der Waals surface area (Å²) in [5.41, 5.74) is 2.85. The number of amides is 1. The molecular weight excluding hydrogens is 238 g/mol. The monoisotopic (exact) mass is 257 g/mol. The molecule has 1 amide bonds. The van der Waals surface area contributed by atoms with Crippen molar-refractivity contribution in [3.05, 3.63) is 30.1 Å². The van der Waals surface area contributed by atoms with Crippen LogP contribution in [0, 0.1) is 5.41 Å². The predicted molar refractivity (Wildman–Crippen MR) is 75.0 cm³/mol. The fraction of sp³-hybridized carbons (Fsp3) is 0.467. The molecule has 1 saturated carbocycles. The van der Waals surface area contributed by atoms with Crippen molar-refractivity contribution in [2.45, 2.75) is 32.6 Å². The van der Waals surface area contributed by atoms with Crippen LogP contribution in [-0.4, -0.2) is 22.4 Å². The van der Waals surface area contributed by atoms with E-state index in [-0.39, 0.29) is 5.91 Å². The summed E-state index contributed by atoms with van der Waals surface area (Å²) in [5.74, 6) is 0.0104. The van der Waals surface area contributed by atoms with Crippen LogP contribution in [-0.2, 0) is 0 Å². The highest BCUT2D eigenvalue weighted by molar-refractivity contribution is 5.97. The Labute approximate surface area is 112 Å². The molecular formula is C15H19N3O. The van der Waals surface area contributed by atoms with Gasteiger partial charge >= 0.3 is 0 Å². The van der Waals surface area contributed by atoms with Gasteiger partial charge in [0.15, 0.2) is 0 Å². The number of carbonyl (C=O) groups excluding carboxylic acids is 1. The second-order valence-corrected chi connectivity index (χ2v) is 5.52. The number of aromatic nitrogens is 2. The first-order valence-electron chi connectivity index (χ1n) is 6.94. The van der Waals surface area contributed by atoms with Crippen LogP contribution in [0.3, 0.4) is 0 Å². The van der Waals surface area contributed by atoms with Crippen molar-refractivity contribution in [1.82, 2.24) is 15.3 Å². The average molecular weight is 257 g/mol. The minimum Gasteiger partial charge on any atom is -0.351 e. The molecule has 100 valence electrons. The second kappa shape index (κ2) is 4.68. The molecule has 2 aromatic rings. The molecule has 4 nitrogen and oxygen atoms in total. The molecule has 3 rings (SSSR count). The molecule has 19 heavy (non-hydrogen) atoms. The van der Waals surface area contributed by atoms with E-state index < -0.39 is 0 Å². The van der Waals surface area contributed by atoms with E-state index >= 15 is 0 Å². The van der Waals surface area contributed by atoms with Gasteiger partial charge in [-0.2, -0.15) is 0 Å². The molecule has 0 aliphatic heterocycles. The largest absolute Gasteiger partial charge is 0.351 e. The molecule has 0 spiro atoms. The van der Waals surface area contributed by atoms with Crippen molar-refractivity contribution in [1.29, 1.82) is 0 Å². The van der Waals surface area contributed by atoms with Gasteiger partial charge in [0.05, 0.1) is 17.4 Å². The predicted octanol–water partition coefficient (Wildman–Crippen LogP) is 2.87. The topological polar surface area (TPSA) is 57.8 Å². The lowest BCUT2D eigenvalue weighted by molar-refractivity contribution is 0.0850. The first-order valence-corrected chi connectivity index (χ1v) is 6.94. The number of benzene rings is 1. The van der Waals surface area contributed by atoms with Gasteiger partial charge in [0.25, 0.3) is 5.91 Å². The lowest BCUT2D eigenvalue weighted by Crippen LogP contribution is -2.41. The third-order valence-corrected chi connectivity index (χ3v) is 4.47. The van der Waals surface area contributed by atoms with E-state index in [4.69, 9.17) is 0 Å². The van der Waals surface area contributed by atoms with Crippen LogP contribution in [0.15, 0.2) is 24.5 Å². The maximum absolute atomic E-state index is 12.2. The molecule has 4 heteroatoms.